The fourth-order valence-corrected chi connectivity index (χ4v) is 4.28. The van der Waals surface area contributed by atoms with Gasteiger partial charge in [0.1, 0.15) is 5.84 Å². The van der Waals surface area contributed by atoms with Gasteiger partial charge in [-0.3, -0.25) is 19.6 Å². The van der Waals surface area contributed by atoms with E-state index in [-0.39, 0.29) is 30.8 Å². The van der Waals surface area contributed by atoms with Crippen molar-refractivity contribution in [2.75, 3.05) is 0 Å². The fourth-order valence-electron chi connectivity index (χ4n) is 4.28. The second-order valence-corrected chi connectivity index (χ2v) is 7.59. The van der Waals surface area contributed by atoms with Crippen molar-refractivity contribution in [2.24, 2.45) is 15.7 Å². The van der Waals surface area contributed by atoms with E-state index in [9.17, 15) is 9.59 Å². The second-order valence-electron chi connectivity index (χ2n) is 7.59. The maximum atomic E-state index is 12.5. The molecule has 2 heterocycles. The van der Waals surface area contributed by atoms with Crippen LogP contribution in [0.3, 0.4) is 0 Å². The van der Waals surface area contributed by atoms with Gasteiger partial charge in [-0.1, -0.05) is 42.5 Å². The Morgan fingerprint density at radius 2 is 1.87 bits per heavy atom. The lowest BCUT2D eigenvalue weighted by Gasteiger charge is -2.16. The molecule has 2 aliphatic heterocycles. The Morgan fingerprint density at radius 1 is 1.07 bits per heavy atom. The number of hydrogen-bond acceptors (Lipinski definition) is 5. The van der Waals surface area contributed by atoms with Crippen LogP contribution < -0.4 is 16.4 Å². The largest absolute Gasteiger partial charge is 0.370 e. The third kappa shape index (κ3) is 3.08. The molecule has 7 nitrogen and oxygen atoms in total. The molecule has 1 aliphatic carbocycles. The third-order valence-electron chi connectivity index (χ3n) is 5.66. The van der Waals surface area contributed by atoms with Gasteiger partial charge >= 0.3 is 0 Å². The third-order valence-corrected chi connectivity index (χ3v) is 5.66. The van der Waals surface area contributed by atoms with Crippen molar-refractivity contribution in [1.82, 2.24) is 10.6 Å². The summed E-state index contributed by atoms with van der Waals surface area (Å²) >= 11 is 0. The molecule has 0 saturated heterocycles. The minimum Gasteiger partial charge on any atom is -0.370 e. The topological polar surface area (TPSA) is 109 Å². The molecular weight excluding hydrogens is 378 g/mol. The number of fused-ring (bicyclic) bond motifs is 4. The zero-order chi connectivity index (χ0) is 20.7. The quantitative estimate of drug-likeness (QED) is 0.717. The monoisotopic (exact) mass is 399 g/mol. The predicted molar refractivity (Wildman–Crippen MR) is 115 cm³/mol. The normalized spacial score (nSPS) is 20.4. The first-order valence-electron chi connectivity index (χ1n) is 9.98. The van der Waals surface area contributed by atoms with Crippen molar-refractivity contribution in [1.29, 1.82) is 0 Å². The average Bonchev–Trinajstić information content (AvgIpc) is 3.32. The van der Waals surface area contributed by atoms with Crippen molar-refractivity contribution in [2.45, 2.75) is 31.3 Å². The maximum Gasteiger partial charge on any atom is 0.221 e. The first-order chi connectivity index (χ1) is 14.6. The highest BCUT2D eigenvalue weighted by Gasteiger charge is 2.34. The summed E-state index contributed by atoms with van der Waals surface area (Å²) < 4.78 is 0. The lowest BCUT2D eigenvalue weighted by atomic mass is 9.98. The van der Waals surface area contributed by atoms with E-state index in [1.165, 1.54) is 0 Å². The van der Waals surface area contributed by atoms with Crippen molar-refractivity contribution in [3.8, 4) is 11.1 Å². The van der Waals surface area contributed by atoms with E-state index in [0.29, 0.717) is 0 Å². The van der Waals surface area contributed by atoms with Crippen LogP contribution in [0.15, 0.2) is 64.3 Å². The number of benzene rings is 2. The predicted octanol–water partition coefficient (Wildman–Crippen LogP) is 2.17. The number of nitrogens with zero attached hydrogens (tertiary/aromatic N) is 2. The second kappa shape index (κ2) is 7.26. The van der Waals surface area contributed by atoms with E-state index in [4.69, 9.17) is 10.7 Å². The molecule has 0 aromatic heterocycles. The molecule has 0 fully saturated rings. The molecule has 2 unspecified atom stereocenters. The summed E-state index contributed by atoms with van der Waals surface area (Å²) in [4.78, 5) is 32.6. The SMILES string of the molecule is NC(=O)CCC(=O)NC1c2ccccc2-c2c(C3=NC4CC=NC=C4N3)cccc21. The van der Waals surface area contributed by atoms with E-state index >= 15 is 0 Å². The zero-order valence-corrected chi connectivity index (χ0v) is 16.3. The van der Waals surface area contributed by atoms with E-state index in [0.717, 1.165) is 45.8 Å². The van der Waals surface area contributed by atoms with Gasteiger partial charge in [0.2, 0.25) is 11.8 Å². The summed E-state index contributed by atoms with van der Waals surface area (Å²) in [6.07, 6.45) is 4.60. The summed E-state index contributed by atoms with van der Waals surface area (Å²) in [6.45, 7) is 0. The molecule has 7 heteroatoms. The Hall–Kier alpha value is -3.74. The van der Waals surface area contributed by atoms with Crippen LogP contribution in [0.5, 0.6) is 0 Å². The van der Waals surface area contributed by atoms with Crippen LogP contribution >= 0.6 is 0 Å². The van der Waals surface area contributed by atoms with E-state index in [1.54, 1.807) is 0 Å². The van der Waals surface area contributed by atoms with Gasteiger partial charge in [0, 0.05) is 37.2 Å². The van der Waals surface area contributed by atoms with Crippen molar-refractivity contribution < 1.29 is 9.59 Å². The molecule has 2 atom stereocenters. The minimum atomic E-state index is -0.482. The Kier molecular flexibility index (Phi) is 4.43. The van der Waals surface area contributed by atoms with Gasteiger partial charge in [0.05, 0.1) is 17.8 Å². The van der Waals surface area contributed by atoms with Crippen LogP contribution in [0.25, 0.3) is 11.1 Å². The highest BCUT2D eigenvalue weighted by Crippen LogP contribution is 2.45. The molecule has 4 N–H and O–H groups in total. The first-order valence-corrected chi connectivity index (χ1v) is 9.98. The van der Waals surface area contributed by atoms with Gasteiger partial charge in [-0.25, -0.2) is 0 Å². The number of nitrogens with two attached hydrogens (primary N) is 1. The molecule has 2 amide bonds. The molecule has 5 rings (SSSR count). The molecule has 3 aliphatic rings. The van der Waals surface area contributed by atoms with Gasteiger partial charge in [-0.05, 0) is 22.3 Å². The van der Waals surface area contributed by atoms with Gasteiger partial charge in [0.25, 0.3) is 0 Å². The summed E-state index contributed by atoms with van der Waals surface area (Å²) in [5, 5.41) is 6.49. The molecule has 0 spiro atoms. The molecule has 2 aromatic rings. The Balaban J connectivity index is 1.53. The highest BCUT2D eigenvalue weighted by atomic mass is 16.2. The number of hydrogen-bond donors (Lipinski definition) is 3. The number of carbonyl (C=O) groups excluding carboxylic acids is 2. The Morgan fingerprint density at radius 3 is 2.70 bits per heavy atom. The lowest BCUT2D eigenvalue weighted by Crippen LogP contribution is -2.29. The van der Waals surface area contributed by atoms with E-state index in [2.05, 4.69) is 27.8 Å². The number of rotatable bonds is 5. The van der Waals surface area contributed by atoms with Crippen LogP contribution in [-0.4, -0.2) is 29.9 Å². The van der Waals surface area contributed by atoms with Gasteiger partial charge < -0.3 is 16.4 Å². The van der Waals surface area contributed by atoms with Crippen LogP contribution in [0.2, 0.25) is 0 Å². The van der Waals surface area contributed by atoms with E-state index in [1.807, 2.05) is 42.7 Å². The van der Waals surface area contributed by atoms with Crippen LogP contribution in [-0.2, 0) is 9.59 Å². The van der Waals surface area contributed by atoms with Crippen LogP contribution in [0.1, 0.15) is 42.0 Å². The number of aliphatic imine (C=N–C) groups is 2. The fraction of sp³-hybridized carbons (Fsp3) is 0.217. The summed E-state index contributed by atoms with van der Waals surface area (Å²) in [6, 6.07) is 13.9. The van der Waals surface area contributed by atoms with Crippen molar-refractivity contribution >= 4 is 23.9 Å². The smallest absolute Gasteiger partial charge is 0.221 e. The Bertz CT molecular complexity index is 1150. The maximum absolute atomic E-state index is 12.5. The average molecular weight is 399 g/mol. The van der Waals surface area contributed by atoms with Gasteiger partial charge in [0.15, 0.2) is 0 Å². The summed E-state index contributed by atoms with van der Waals surface area (Å²) in [5.41, 5.74) is 11.4. The number of amidine groups is 1. The number of primary amides is 1. The van der Waals surface area contributed by atoms with Gasteiger partial charge in [-0.2, -0.15) is 0 Å². The lowest BCUT2D eigenvalue weighted by molar-refractivity contribution is -0.125. The summed E-state index contributed by atoms with van der Waals surface area (Å²) in [7, 11) is 0. The van der Waals surface area contributed by atoms with Crippen LogP contribution in [0, 0.1) is 0 Å². The highest BCUT2D eigenvalue weighted by molar-refractivity contribution is 6.09. The molecule has 0 bridgehead atoms. The first kappa shape index (κ1) is 18.3. The minimum absolute atomic E-state index is 0.0341. The number of carbonyl (C=O) groups is 2. The zero-order valence-electron chi connectivity index (χ0n) is 16.3. The molecule has 2 aromatic carbocycles. The Labute approximate surface area is 173 Å². The summed E-state index contributed by atoms with van der Waals surface area (Å²) in [5.74, 6) is 0.144. The standard InChI is InChI=1S/C23H21N5O2/c24-19(29)8-9-20(30)28-22-14-5-2-1-4-13(14)21-15(22)6-3-7-16(21)23-26-17-10-11-25-12-18(17)27-23/h1-7,11-12,17,22H,8-10H2,(H2,24,29)(H,26,27)(H,28,30). The molecule has 0 saturated carbocycles. The van der Waals surface area contributed by atoms with Crippen LogP contribution in [0.4, 0.5) is 0 Å². The number of nitrogens with one attached hydrogen (secondary N) is 2. The number of amides is 2. The van der Waals surface area contributed by atoms with E-state index < -0.39 is 5.91 Å². The molecule has 0 radical (unpaired) electrons. The molecular formula is C23H21N5O2. The van der Waals surface area contributed by atoms with Crippen molar-refractivity contribution in [3.05, 3.63) is 71.1 Å². The van der Waals surface area contributed by atoms with Crippen molar-refractivity contribution in [3.63, 3.8) is 0 Å². The van der Waals surface area contributed by atoms with Gasteiger partial charge in [-0.15, -0.1) is 0 Å². The molecule has 150 valence electrons. The molecule has 30 heavy (non-hydrogen) atoms.